The Morgan fingerprint density at radius 1 is 0.639 bits per heavy atom. The first-order valence-corrected chi connectivity index (χ1v) is 13.9. The van der Waals surface area contributed by atoms with Crippen molar-refractivity contribution >= 4 is 33.5 Å². The third-order valence-corrected chi connectivity index (χ3v) is 10.6. The SMILES string of the molecule is Clc1cccc2c1-c1ccc(-c3ccc4oc5ccccc5c4c3)cc1C21C2CC3CC(C2)CC1C3. The second-order valence-corrected chi connectivity index (χ2v) is 12.3. The maximum absolute atomic E-state index is 6.95. The maximum atomic E-state index is 6.95. The molecule has 5 aliphatic rings. The molecule has 0 radical (unpaired) electrons. The van der Waals surface area contributed by atoms with Crippen molar-refractivity contribution in [1.82, 2.24) is 0 Å². The van der Waals surface area contributed by atoms with Gasteiger partial charge in [-0.3, -0.25) is 0 Å². The van der Waals surface area contributed by atoms with E-state index in [1.54, 1.807) is 5.56 Å². The van der Waals surface area contributed by atoms with E-state index in [0.717, 1.165) is 39.9 Å². The molecule has 1 aromatic heterocycles. The lowest BCUT2D eigenvalue weighted by atomic mass is 9.43. The molecule has 36 heavy (non-hydrogen) atoms. The van der Waals surface area contributed by atoms with Crippen molar-refractivity contribution in [2.75, 3.05) is 0 Å². The number of benzene rings is 4. The van der Waals surface area contributed by atoms with Crippen LogP contribution in [0.2, 0.25) is 5.02 Å². The molecule has 4 aromatic carbocycles. The van der Waals surface area contributed by atoms with Gasteiger partial charge in [-0.2, -0.15) is 0 Å². The minimum atomic E-state index is 0.130. The predicted octanol–water partition coefficient (Wildman–Crippen LogP) is 9.63. The summed E-state index contributed by atoms with van der Waals surface area (Å²) in [7, 11) is 0. The topological polar surface area (TPSA) is 13.1 Å². The van der Waals surface area contributed by atoms with Crippen LogP contribution < -0.4 is 0 Å². The summed E-state index contributed by atoms with van der Waals surface area (Å²) in [5.41, 5.74) is 10.4. The Balaban J connectivity index is 1.28. The summed E-state index contributed by atoms with van der Waals surface area (Å²) in [6, 6.07) is 29.0. The third kappa shape index (κ3) is 2.39. The molecule has 0 unspecified atom stereocenters. The molecule has 0 aliphatic heterocycles. The van der Waals surface area contributed by atoms with E-state index in [2.05, 4.69) is 72.8 Å². The summed E-state index contributed by atoms with van der Waals surface area (Å²) in [5.74, 6) is 3.35. The highest BCUT2D eigenvalue weighted by Gasteiger charge is 2.61. The number of halogens is 1. The van der Waals surface area contributed by atoms with E-state index in [0.29, 0.717) is 0 Å². The predicted molar refractivity (Wildman–Crippen MR) is 147 cm³/mol. The van der Waals surface area contributed by atoms with Crippen LogP contribution in [-0.4, -0.2) is 0 Å². The van der Waals surface area contributed by atoms with Crippen LogP contribution in [0.15, 0.2) is 83.3 Å². The fourth-order valence-electron chi connectivity index (χ4n) is 9.28. The van der Waals surface area contributed by atoms with Crippen molar-refractivity contribution in [2.24, 2.45) is 23.7 Å². The van der Waals surface area contributed by atoms with Gasteiger partial charge in [0, 0.05) is 26.8 Å². The zero-order valence-corrected chi connectivity index (χ0v) is 20.9. The fraction of sp³-hybridized carbons (Fsp3) is 0.294. The van der Waals surface area contributed by atoms with Gasteiger partial charge in [-0.1, -0.05) is 60.1 Å². The van der Waals surface area contributed by atoms with E-state index < -0.39 is 0 Å². The second-order valence-electron chi connectivity index (χ2n) is 11.9. The molecule has 1 spiro atoms. The molecule has 0 N–H and O–H groups in total. The smallest absolute Gasteiger partial charge is 0.135 e. The highest BCUT2D eigenvalue weighted by Crippen LogP contribution is 2.70. The highest BCUT2D eigenvalue weighted by molar-refractivity contribution is 6.34. The number of para-hydroxylation sites is 1. The third-order valence-electron chi connectivity index (χ3n) is 10.3. The van der Waals surface area contributed by atoms with E-state index >= 15 is 0 Å². The van der Waals surface area contributed by atoms with Crippen molar-refractivity contribution in [3.63, 3.8) is 0 Å². The molecule has 1 heterocycles. The largest absolute Gasteiger partial charge is 0.456 e. The summed E-state index contributed by atoms with van der Waals surface area (Å²) in [6.07, 6.45) is 7.01. The standard InChI is InChI=1S/C34H27ClO/c35-30-6-3-5-28-33(30)26-10-8-22(21-9-11-32-27(17-21)25-4-1-2-7-31(25)36-32)18-29(26)34(28)23-13-19-12-20(15-23)16-24(34)14-19/h1-11,17-20,23-24H,12-16H2. The Bertz CT molecular complexity index is 1690. The first-order valence-electron chi connectivity index (χ1n) is 13.6. The Kier molecular flexibility index (Phi) is 3.81. The van der Waals surface area contributed by atoms with Crippen LogP contribution in [0.25, 0.3) is 44.2 Å². The molecule has 0 atom stereocenters. The molecule has 4 fully saturated rings. The first-order chi connectivity index (χ1) is 17.7. The average molecular weight is 487 g/mol. The van der Waals surface area contributed by atoms with Gasteiger partial charge in [0.2, 0.25) is 0 Å². The summed E-state index contributed by atoms with van der Waals surface area (Å²) < 4.78 is 6.11. The molecule has 176 valence electrons. The molecule has 2 heteroatoms. The van der Waals surface area contributed by atoms with Gasteiger partial charge in [-0.15, -0.1) is 0 Å². The molecule has 4 bridgehead atoms. The van der Waals surface area contributed by atoms with Crippen LogP contribution in [0.3, 0.4) is 0 Å². The minimum absolute atomic E-state index is 0.130. The van der Waals surface area contributed by atoms with E-state index in [9.17, 15) is 0 Å². The Morgan fingerprint density at radius 3 is 2.19 bits per heavy atom. The van der Waals surface area contributed by atoms with Crippen LogP contribution >= 0.6 is 11.6 Å². The lowest BCUT2D eigenvalue weighted by Gasteiger charge is -2.61. The van der Waals surface area contributed by atoms with Crippen LogP contribution in [0.4, 0.5) is 0 Å². The normalized spacial score (nSPS) is 29.4. The minimum Gasteiger partial charge on any atom is -0.456 e. The van der Waals surface area contributed by atoms with Gasteiger partial charge in [0.25, 0.3) is 0 Å². The maximum Gasteiger partial charge on any atom is 0.135 e. The Labute approximate surface area is 216 Å². The van der Waals surface area contributed by atoms with Gasteiger partial charge >= 0.3 is 0 Å². The molecular formula is C34H27ClO. The van der Waals surface area contributed by atoms with E-state index in [4.69, 9.17) is 16.0 Å². The second kappa shape index (κ2) is 6.84. The average Bonchev–Trinajstić information content (AvgIpc) is 3.41. The number of furan rings is 1. The summed E-state index contributed by atoms with van der Waals surface area (Å²) in [6.45, 7) is 0. The molecule has 5 aromatic rings. The number of fused-ring (bicyclic) bond motifs is 6. The number of hydrogen-bond donors (Lipinski definition) is 0. The lowest BCUT2D eigenvalue weighted by molar-refractivity contribution is -0.0399. The molecule has 5 aliphatic carbocycles. The zero-order valence-electron chi connectivity index (χ0n) is 20.1. The van der Waals surface area contributed by atoms with Crippen molar-refractivity contribution in [1.29, 1.82) is 0 Å². The van der Waals surface area contributed by atoms with Gasteiger partial charge in [0.15, 0.2) is 0 Å². The molecule has 10 rings (SSSR count). The van der Waals surface area contributed by atoms with Crippen molar-refractivity contribution < 1.29 is 4.42 Å². The van der Waals surface area contributed by atoms with Crippen molar-refractivity contribution in [3.8, 4) is 22.3 Å². The van der Waals surface area contributed by atoms with E-state index in [1.807, 2.05) is 6.07 Å². The Morgan fingerprint density at radius 2 is 1.36 bits per heavy atom. The van der Waals surface area contributed by atoms with Crippen LogP contribution in [-0.2, 0) is 5.41 Å². The molecule has 4 saturated carbocycles. The fourth-order valence-corrected chi connectivity index (χ4v) is 9.56. The molecule has 1 nitrogen and oxygen atoms in total. The first kappa shape index (κ1) is 20.1. The summed E-state index contributed by atoms with van der Waals surface area (Å²) in [4.78, 5) is 0. The lowest BCUT2D eigenvalue weighted by Crippen LogP contribution is -2.55. The van der Waals surface area contributed by atoms with Crippen molar-refractivity contribution in [2.45, 2.75) is 37.5 Å². The molecule has 0 saturated heterocycles. The van der Waals surface area contributed by atoms with Crippen molar-refractivity contribution in [3.05, 3.63) is 95.0 Å². The van der Waals surface area contributed by atoms with Gasteiger partial charge in [0.05, 0.1) is 0 Å². The highest BCUT2D eigenvalue weighted by atomic mass is 35.5. The van der Waals surface area contributed by atoms with Crippen LogP contribution in [0.5, 0.6) is 0 Å². The van der Waals surface area contributed by atoms with Gasteiger partial charge in [-0.25, -0.2) is 0 Å². The molecule has 0 amide bonds. The van der Waals surface area contributed by atoms with Crippen LogP contribution in [0, 0.1) is 23.7 Å². The van der Waals surface area contributed by atoms with Gasteiger partial charge in [-0.05, 0) is 114 Å². The Hall–Kier alpha value is -3.03. The monoisotopic (exact) mass is 486 g/mol. The summed E-state index contributed by atoms with van der Waals surface area (Å²) >= 11 is 6.95. The number of hydrogen-bond acceptors (Lipinski definition) is 1. The quantitative estimate of drug-likeness (QED) is 0.230. The summed E-state index contributed by atoms with van der Waals surface area (Å²) in [5, 5.41) is 3.30. The van der Waals surface area contributed by atoms with Gasteiger partial charge in [0.1, 0.15) is 11.2 Å². The van der Waals surface area contributed by atoms with E-state index in [-0.39, 0.29) is 5.41 Å². The van der Waals surface area contributed by atoms with E-state index in [1.165, 1.54) is 70.7 Å². The van der Waals surface area contributed by atoms with Crippen LogP contribution in [0.1, 0.15) is 43.2 Å². The zero-order chi connectivity index (χ0) is 23.6. The number of rotatable bonds is 1. The molecular weight excluding hydrogens is 460 g/mol. The van der Waals surface area contributed by atoms with Gasteiger partial charge < -0.3 is 4.42 Å².